The summed E-state index contributed by atoms with van der Waals surface area (Å²) in [6.07, 6.45) is -1.31. The third-order valence-corrected chi connectivity index (χ3v) is 3.95. The fraction of sp³-hybridized carbons (Fsp3) is 0.600. The second kappa shape index (κ2) is 8.65. The van der Waals surface area contributed by atoms with Gasteiger partial charge in [0.05, 0.1) is 12.6 Å². The summed E-state index contributed by atoms with van der Waals surface area (Å²) in [6, 6.07) is -3.36. The van der Waals surface area contributed by atoms with Crippen molar-refractivity contribution in [2.45, 2.75) is 39.0 Å². The van der Waals surface area contributed by atoms with Crippen molar-refractivity contribution in [1.82, 2.24) is 26.1 Å². The number of amides is 4. The van der Waals surface area contributed by atoms with Crippen molar-refractivity contribution in [3.8, 4) is 0 Å². The van der Waals surface area contributed by atoms with Gasteiger partial charge in [0.2, 0.25) is 17.7 Å². The van der Waals surface area contributed by atoms with Gasteiger partial charge in [-0.3, -0.25) is 14.5 Å². The molecule has 1 aliphatic heterocycles. The Morgan fingerprint density at radius 3 is 2.46 bits per heavy atom. The molecule has 13 heteroatoms. The van der Waals surface area contributed by atoms with Crippen molar-refractivity contribution in [1.29, 1.82) is 0 Å². The van der Waals surface area contributed by atoms with E-state index in [2.05, 4.69) is 26.1 Å². The Morgan fingerprint density at radius 2 is 1.89 bits per heavy atom. The quantitative estimate of drug-likeness (QED) is 0.359. The van der Waals surface area contributed by atoms with Crippen molar-refractivity contribution in [3.05, 3.63) is 5.89 Å². The van der Waals surface area contributed by atoms with Crippen molar-refractivity contribution < 1.29 is 33.8 Å². The number of aliphatic hydroxyl groups is 1. The highest BCUT2D eigenvalue weighted by molar-refractivity contribution is 6.03. The third-order valence-electron chi connectivity index (χ3n) is 3.95. The van der Waals surface area contributed by atoms with Gasteiger partial charge in [0.15, 0.2) is 6.04 Å². The Labute approximate surface area is 159 Å². The summed E-state index contributed by atoms with van der Waals surface area (Å²) in [5, 5.41) is 33.1. The van der Waals surface area contributed by atoms with Gasteiger partial charge in [-0.2, -0.15) is 0 Å². The molecule has 0 bridgehead atoms. The Kier molecular flexibility index (Phi) is 6.51. The number of rotatable bonds is 7. The van der Waals surface area contributed by atoms with Crippen LogP contribution < -0.4 is 20.9 Å². The highest BCUT2D eigenvalue weighted by Crippen LogP contribution is 2.24. The summed E-state index contributed by atoms with van der Waals surface area (Å²) in [6.45, 7) is 4.26. The molecule has 0 spiro atoms. The van der Waals surface area contributed by atoms with Gasteiger partial charge in [0, 0.05) is 0 Å². The molecule has 1 aliphatic rings. The molecule has 0 radical (unpaired) electrons. The van der Waals surface area contributed by atoms with E-state index in [9.17, 15) is 24.3 Å². The largest absolute Gasteiger partial charge is 0.480 e. The first-order valence-electron chi connectivity index (χ1n) is 8.48. The highest BCUT2D eigenvalue weighted by atomic mass is 16.4. The lowest BCUT2D eigenvalue weighted by atomic mass is 10.0. The average molecular weight is 398 g/mol. The van der Waals surface area contributed by atoms with Gasteiger partial charge in [0.25, 0.3) is 0 Å². The number of piperazine rings is 1. The number of anilines is 1. The Morgan fingerprint density at radius 1 is 1.21 bits per heavy atom. The zero-order valence-corrected chi connectivity index (χ0v) is 15.5. The van der Waals surface area contributed by atoms with Crippen LogP contribution in [0.2, 0.25) is 0 Å². The van der Waals surface area contributed by atoms with E-state index in [1.807, 2.05) is 0 Å². The minimum Gasteiger partial charge on any atom is -0.480 e. The average Bonchev–Trinajstić information content (AvgIpc) is 3.08. The van der Waals surface area contributed by atoms with E-state index < -0.39 is 36.1 Å². The Bertz CT molecular complexity index is 762. The highest BCUT2D eigenvalue weighted by Gasteiger charge is 2.32. The fourth-order valence-electron chi connectivity index (χ4n) is 2.42. The van der Waals surface area contributed by atoms with Crippen LogP contribution in [-0.2, 0) is 14.4 Å². The van der Waals surface area contributed by atoms with Gasteiger partial charge < -0.3 is 30.6 Å². The molecular formula is C15H22N6O7. The zero-order valence-electron chi connectivity index (χ0n) is 15.5. The molecular weight excluding hydrogens is 376 g/mol. The van der Waals surface area contributed by atoms with E-state index in [0.29, 0.717) is 0 Å². The van der Waals surface area contributed by atoms with Crippen LogP contribution in [0.4, 0.5) is 10.8 Å². The topological polar surface area (TPSA) is 187 Å². The predicted molar refractivity (Wildman–Crippen MR) is 92.0 cm³/mol. The second-order valence-electron chi connectivity index (χ2n) is 6.58. The minimum atomic E-state index is -1.50. The van der Waals surface area contributed by atoms with Gasteiger partial charge >= 0.3 is 18.0 Å². The van der Waals surface area contributed by atoms with Crippen LogP contribution in [0.5, 0.6) is 0 Å². The summed E-state index contributed by atoms with van der Waals surface area (Å²) in [4.78, 5) is 47.6. The van der Waals surface area contributed by atoms with Gasteiger partial charge in [-0.1, -0.05) is 18.9 Å². The molecule has 5 N–H and O–H groups in total. The number of carbonyl (C=O) groups excluding carboxylic acids is 3. The van der Waals surface area contributed by atoms with Crippen molar-refractivity contribution in [2.24, 2.45) is 5.92 Å². The molecule has 1 aromatic rings. The van der Waals surface area contributed by atoms with Crippen LogP contribution in [0.3, 0.4) is 0 Å². The van der Waals surface area contributed by atoms with E-state index in [1.165, 1.54) is 6.92 Å². The van der Waals surface area contributed by atoms with Gasteiger partial charge in [-0.05, 0) is 12.8 Å². The molecule has 0 saturated carbocycles. The number of nitrogens with one attached hydrogen (secondary N) is 3. The summed E-state index contributed by atoms with van der Waals surface area (Å²) in [7, 11) is 0. The number of carbonyl (C=O) groups is 4. The van der Waals surface area contributed by atoms with E-state index >= 15 is 0 Å². The maximum Gasteiger partial charge on any atom is 0.328 e. The van der Waals surface area contributed by atoms with E-state index in [4.69, 9.17) is 9.52 Å². The number of hydrogen-bond acceptors (Lipinski definition) is 8. The van der Waals surface area contributed by atoms with Gasteiger partial charge in [-0.15, -0.1) is 5.10 Å². The Hall–Kier alpha value is -3.22. The smallest absolute Gasteiger partial charge is 0.328 e. The number of nitrogens with zero attached hydrogens (tertiary/aromatic N) is 3. The maximum absolute atomic E-state index is 12.2. The van der Waals surface area contributed by atoms with E-state index in [1.54, 1.807) is 13.8 Å². The van der Waals surface area contributed by atoms with E-state index in [0.717, 1.165) is 4.90 Å². The molecule has 1 unspecified atom stereocenters. The molecule has 1 saturated heterocycles. The van der Waals surface area contributed by atoms with Crippen molar-refractivity contribution >= 4 is 29.8 Å². The van der Waals surface area contributed by atoms with Crippen LogP contribution >= 0.6 is 0 Å². The molecule has 13 nitrogen and oxygen atoms in total. The first-order valence-corrected chi connectivity index (χ1v) is 8.48. The van der Waals surface area contributed by atoms with Crippen molar-refractivity contribution in [3.63, 3.8) is 0 Å². The molecule has 3 atom stereocenters. The summed E-state index contributed by atoms with van der Waals surface area (Å²) in [5.74, 6) is -2.47. The first kappa shape index (κ1) is 21.1. The molecule has 1 fully saturated rings. The third kappa shape index (κ3) is 4.94. The van der Waals surface area contributed by atoms with Crippen molar-refractivity contribution in [2.75, 3.05) is 18.0 Å². The number of hydrogen-bond donors (Lipinski definition) is 5. The lowest BCUT2D eigenvalue weighted by Gasteiger charge is -2.23. The SMILES string of the molecule is CC(O)[C@H](NC(=O)N[C@H](c1nnc(N2CC(=O)NCC2=O)o1)C(C)C)C(=O)O. The zero-order chi connectivity index (χ0) is 21.0. The molecule has 2 rings (SSSR count). The second-order valence-corrected chi connectivity index (χ2v) is 6.58. The van der Waals surface area contributed by atoms with E-state index in [-0.39, 0.29) is 36.8 Å². The number of aliphatic hydroxyl groups excluding tert-OH is 1. The summed E-state index contributed by atoms with van der Waals surface area (Å²) in [5.41, 5.74) is 0. The normalized spacial score (nSPS) is 17.7. The fourth-order valence-corrected chi connectivity index (χ4v) is 2.42. The standard InChI is InChI=1S/C15H22N6O7/c1-6(2)10(17-14(27)18-11(7(3)22)13(25)26)12-19-20-15(28-12)21-5-8(23)16-4-9(21)24/h6-7,10-11,22H,4-5H2,1-3H3,(H,16,23)(H,25,26)(H2,17,18,27)/t7?,10-,11-/m0/s1. The number of aromatic nitrogens is 2. The summed E-state index contributed by atoms with van der Waals surface area (Å²) >= 11 is 0. The first-order chi connectivity index (χ1) is 13.1. The molecule has 154 valence electrons. The van der Waals surface area contributed by atoms with Gasteiger partial charge in [-0.25, -0.2) is 9.59 Å². The molecule has 4 amide bonds. The predicted octanol–water partition coefficient (Wildman–Crippen LogP) is -1.64. The molecule has 0 aliphatic carbocycles. The number of aliphatic carboxylic acids is 1. The maximum atomic E-state index is 12.2. The van der Waals surface area contributed by atoms with Crippen LogP contribution in [0.15, 0.2) is 4.42 Å². The number of carboxylic acids is 1. The van der Waals surface area contributed by atoms with Crippen LogP contribution in [0, 0.1) is 5.92 Å². The number of carboxylic acid groups (broad SMARTS) is 1. The lowest BCUT2D eigenvalue weighted by molar-refractivity contribution is -0.141. The minimum absolute atomic E-state index is 0.0251. The van der Waals surface area contributed by atoms with Gasteiger partial charge in [0.1, 0.15) is 12.6 Å². The summed E-state index contributed by atoms with van der Waals surface area (Å²) < 4.78 is 5.46. The lowest BCUT2D eigenvalue weighted by Crippen LogP contribution is -2.52. The molecule has 2 heterocycles. The van der Waals surface area contributed by atoms with Crippen LogP contribution in [0.1, 0.15) is 32.7 Å². The monoisotopic (exact) mass is 398 g/mol. The van der Waals surface area contributed by atoms with Crippen LogP contribution in [0.25, 0.3) is 0 Å². The number of urea groups is 1. The molecule has 28 heavy (non-hydrogen) atoms. The Balaban J connectivity index is 2.13. The molecule has 0 aromatic carbocycles. The molecule has 1 aromatic heterocycles. The van der Waals surface area contributed by atoms with Crippen LogP contribution in [-0.4, -0.2) is 69.5 Å².